The topological polar surface area (TPSA) is 79.9 Å². The molecule has 1 saturated carbocycles. The fourth-order valence-corrected chi connectivity index (χ4v) is 4.17. The summed E-state index contributed by atoms with van der Waals surface area (Å²) in [5.41, 5.74) is 1.16. The van der Waals surface area contributed by atoms with Gasteiger partial charge in [0.15, 0.2) is 0 Å². The van der Waals surface area contributed by atoms with E-state index in [1.54, 1.807) is 37.3 Å². The van der Waals surface area contributed by atoms with Crippen LogP contribution in [0.1, 0.15) is 49.9 Å². The Morgan fingerprint density at radius 1 is 1.27 bits per heavy atom. The number of likely N-dealkylation sites (N-methyl/N-ethyl adjacent to an activating group) is 1. The van der Waals surface area contributed by atoms with Crippen molar-refractivity contribution in [1.82, 2.24) is 10.2 Å². The molecule has 2 amide bonds. The highest BCUT2D eigenvalue weighted by atomic mass is 16.5. The Morgan fingerprint density at radius 2 is 2.00 bits per heavy atom. The number of rotatable bonds is 3. The van der Waals surface area contributed by atoms with Gasteiger partial charge in [-0.15, -0.1) is 0 Å². The summed E-state index contributed by atoms with van der Waals surface area (Å²) in [4.78, 5) is 27.3. The number of benzene rings is 1. The Kier molecular flexibility index (Phi) is 7.72. The minimum Gasteiger partial charge on any atom is -0.491 e. The van der Waals surface area contributed by atoms with E-state index < -0.39 is 0 Å². The first-order chi connectivity index (χ1) is 14.4. The van der Waals surface area contributed by atoms with Crippen LogP contribution in [-0.2, 0) is 9.53 Å². The van der Waals surface area contributed by atoms with Crippen molar-refractivity contribution in [3.05, 3.63) is 23.8 Å². The van der Waals surface area contributed by atoms with Gasteiger partial charge < -0.3 is 25.0 Å². The second kappa shape index (κ2) is 10.3. The summed E-state index contributed by atoms with van der Waals surface area (Å²) in [6, 6.07) is 5.41. The normalized spacial score (nSPS) is 26.3. The Labute approximate surface area is 179 Å². The number of nitrogens with zero attached hydrogens (tertiary/aromatic N) is 1. The van der Waals surface area contributed by atoms with E-state index in [2.05, 4.69) is 24.5 Å². The van der Waals surface area contributed by atoms with E-state index in [0.717, 1.165) is 32.2 Å². The highest BCUT2D eigenvalue weighted by Gasteiger charge is 2.26. The summed E-state index contributed by atoms with van der Waals surface area (Å²) < 4.78 is 11.7. The molecule has 3 atom stereocenters. The van der Waals surface area contributed by atoms with Crippen LogP contribution < -0.4 is 15.4 Å². The molecule has 1 fully saturated rings. The van der Waals surface area contributed by atoms with Gasteiger partial charge in [0.05, 0.1) is 11.7 Å². The highest BCUT2D eigenvalue weighted by Crippen LogP contribution is 2.29. The molecule has 1 aliphatic carbocycles. The van der Waals surface area contributed by atoms with Gasteiger partial charge >= 0.3 is 0 Å². The standard InChI is InChI=1S/C23H35N3O4/c1-15-12-24-16(2)14-30-20-11-18(25-22(27)17-7-5-6-8-17)9-10-19(20)23(28)26(3)13-21(15)29-4/h9-11,15-17,21,24H,5-8,12-14H2,1-4H3,(H,25,27)/t15-,16-,21+/m1/s1. The van der Waals surface area contributed by atoms with Crippen molar-refractivity contribution in [2.75, 3.05) is 39.2 Å². The molecule has 0 aromatic heterocycles. The van der Waals surface area contributed by atoms with E-state index in [-0.39, 0.29) is 35.8 Å². The molecule has 0 bridgehead atoms. The maximum Gasteiger partial charge on any atom is 0.257 e. The van der Waals surface area contributed by atoms with Crippen LogP contribution >= 0.6 is 0 Å². The van der Waals surface area contributed by atoms with E-state index in [9.17, 15) is 9.59 Å². The molecule has 166 valence electrons. The first-order valence-electron chi connectivity index (χ1n) is 11.0. The SMILES string of the molecule is CO[C@H]1CN(C)C(=O)c2ccc(NC(=O)C3CCCC3)cc2OC[C@@H](C)NC[C@H]1C. The lowest BCUT2D eigenvalue weighted by Crippen LogP contribution is -2.44. The van der Waals surface area contributed by atoms with Crippen molar-refractivity contribution in [2.24, 2.45) is 11.8 Å². The summed E-state index contributed by atoms with van der Waals surface area (Å²) in [6.07, 6.45) is 4.04. The summed E-state index contributed by atoms with van der Waals surface area (Å²) >= 11 is 0. The van der Waals surface area contributed by atoms with E-state index in [0.29, 0.717) is 30.2 Å². The number of anilines is 1. The molecule has 7 nitrogen and oxygen atoms in total. The fraction of sp³-hybridized carbons (Fsp3) is 0.652. The number of ether oxygens (including phenoxy) is 2. The first kappa shape index (κ1) is 22.6. The lowest BCUT2D eigenvalue weighted by Gasteiger charge is -2.30. The van der Waals surface area contributed by atoms with Crippen LogP contribution in [0.15, 0.2) is 18.2 Å². The molecule has 1 aliphatic heterocycles. The van der Waals surface area contributed by atoms with Crippen LogP contribution in [0, 0.1) is 11.8 Å². The quantitative estimate of drug-likeness (QED) is 0.791. The molecule has 0 spiro atoms. The largest absolute Gasteiger partial charge is 0.491 e. The van der Waals surface area contributed by atoms with Crippen molar-refractivity contribution in [3.8, 4) is 5.75 Å². The summed E-state index contributed by atoms with van der Waals surface area (Å²) in [6.45, 7) is 5.86. The van der Waals surface area contributed by atoms with Gasteiger partial charge in [-0.25, -0.2) is 0 Å². The van der Waals surface area contributed by atoms with Gasteiger partial charge in [-0.05, 0) is 37.8 Å². The predicted molar refractivity (Wildman–Crippen MR) is 117 cm³/mol. The molecule has 1 aromatic carbocycles. The summed E-state index contributed by atoms with van der Waals surface area (Å²) in [7, 11) is 3.47. The van der Waals surface area contributed by atoms with Crippen molar-refractivity contribution < 1.29 is 19.1 Å². The molecule has 1 heterocycles. The van der Waals surface area contributed by atoms with Gasteiger partial charge in [0.2, 0.25) is 5.91 Å². The van der Waals surface area contributed by atoms with Crippen molar-refractivity contribution >= 4 is 17.5 Å². The average molecular weight is 418 g/mol. The zero-order valence-corrected chi connectivity index (χ0v) is 18.6. The Bertz CT molecular complexity index is 748. The number of amides is 2. The van der Waals surface area contributed by atoms with E-state index in [1.165, 1.54) is 0 Å². The van der Waals surface area contributed by atoms with Gasteiger partial charge in [0.25, 0.3) is 5.91 Å². The van der Waals surface area contributed by atoms with Crippen LogP contribution in [0.5, 0.6) is 5.75 Å². The molecular formula is C23H35N3O4. The Balaban J connectivity index is 1.83. The van der Waals surface area contributed by atoms with Crippen LogP contribution in [0.3, 0.4) is 0 Å². The molecule has 30 heavy (non-hydrogen) atoms. The minimum atomic E-state index is -0.117. The van der Waals surface area contributed by atoms with Crippen molar-refractivity contribution in [3.63, 3.8) is 0 Å². The molecule has 2 aliphatic rings. The van der Waals surface area contributed by atoms with Crippen molar-refractivity contribution in [1.29, 1.82) is 0 Å². The number of carbonyl (C=O) groups is 2. The Morgan fingerprint density at radius 3 is 2.70 bits per heavy atom. The minimum absolute atomic E-state index is 0.0519. The van der Waals surface area contributed by atoms with Gasteiger partial charge in [-0.3, -0.25) is 9.59 Å². The molecule has 7 heteroatoms. The van der Waals surface area contributed by atoms with Crippen LogP contribution in [0.4, 0.5) is 5.69 Å². The molecule has 1 aromatic rings. The molecule has 0 radical (unpaired) electrons. The molecular weight excluding hydrogens is 382 g/mol. The number of hydrogen-bond donors (Lipinski definition) is 2. The third-order valence-corrected chi connectivity index (χ3v) is 6.22. The predicted octanol–water partition coefficient (Wildman–Crippen LogP) is 2.91. The van der Waals surface area contributed by atoms with Crippen molar-refractivity contribution in [2.45, 2.75) is 51.7 Å². The lowest BCUT2D eigenvalue weighted by atomic mass is 10.0. The van der Waals surface area contributed by atoms with E-state index in [4.69, 9.17) is 9.47 Å². The Hall–Kier alpha value is -2.12. The zero-order valence-electron chi connectivity index (χ0n) is 18.6. The van der Waals surface area contributed by atoms with Gasteiger partial charge in [-0.2, -0.15) is 0 Å². The maximum absolute atomic E-state index is 13.1. The molecule has 2 N–H and O–H groups in total. The lowest BCUT2D eigenvalue weighted by molar-refractivity contribution is -0.119. The number of hydrogen-bond acceptors (Lipinski definition) is 5. The maximum atomic E-state index is 13.1. The van der Waals surface area contributed by atoms with Crippen LogP contribution in [-0.4, -0.2) is 62.7 Å². The molecule has 3 rings (SSSR count). The smallest absolute Gasteiger partial charge is 0.257 e. The zero-order chi connectivity index (χ0) is 21.7. The van der Waals surface area contributed by atoms with Crippen LogP contribution in [0.2, 0.25) is 0 Å². The monoisotopic (exact) mass is 417 g/mol. The number of methoxy groups -OCH3 is 1. The summed E-state index contributed by atoms with van der Waals surface area (Å²) in [5.74, 6) is 0.758. The second-order valence-corrected chi connectivity index (χ2v) is 8.74. The number of carbonyl (C=O) groups excluding carboxylic acids is 2. The number of nitrogens with one attached hydrogen (secondary N) is 2. The number of fused-ring (bicyclic) bond motifs is 1. The molecule has 0 saturated heterocycles. The van der Waals surface area contributed by atoms with Gasteiger partial charge in [0, 0.05) is 51.0 Å². The molecule has 0 unspecified atom stereocenters. The second-order valence-electron chi connectivity index (χ2n) is 8.74. The third-order valence-electron chi connectivity index (χ3n) is 6.22. The summed E-state index contributed by atoms with van der Waals surface area (Å²) in [5, 5.41) is 6.48. The highest BCUT2D eigenvalue weighted by molar-refractivity contribution is 5.98. The first-order valence-corrected chi connectivity index (χ1v) is 11.0. The van der Waals surface area contributed by atoms with E-state index in [1.807, 2.05) is 0 Å². The average Bonchev–Trinajstić information content (AvgIpc) is 3.28. The fourth-order valence-electron chi connectivity index (χ4n) is 4.17. The van der Waals surface area contributed by atoms with Gasteiger partial charge in [-0.1, -0.05) is 19.8 Å². The van der Waals surface area contributed by atoms with Crippen LogP contribution in [0.25, 0.3) is 0 Å². The van der Waals surface area contributed by atoms with Gasteiger partial charge in [0.1, 0.15) is 12.4 Å². The van der Waals surface area contributed by atoms with E-state index >= 15 is 0 Å². The third kappa shape index (κ3) is 5.52.